The molecular formula is C13H19NOS. The van der Waals surface area contributed by atoms with Crippen molar-refractivity contribution in [3.05, 3.63) is 23.3 Å². The molecule has 2 N–H and O–H groups in total. The summed E-state index contributed by atoms with van der Waals surface area (Å²) in [6.45, 7) is 4.26. The van der Waals surface area contributed by atoms with Gasteiger partial charge in [0, 0.05) is 16.2 Å². The molecular weight excluding hydrogens is 218 g/mol. The predicted molar refractivity (Wildman–Crippen MR) is 69.3 cm³/mol. The smallest absolute Gasteiger partial charge is 0.132 e. The van der Waals surface area contributed by atoms with E-state index in [1.165, 1.54) is 16.0 Å². The Morgan fingerprint density at radius 1 is 1.25 bits per heavy atom. The van der Waals surface area contributed by atoms with Crippen LogP contribution in [0.15, 0.2) is 17.0 Å². The molecule has 88 valence electrons. The minimum Gasteiger partial charge on any atom is -0.496 e. The van der Waals surface area contributed by atoms with Crippen LogP contribution in [0.4, 0.5) is 0 Å². The van der Waals surface area contributed by atoms with E-state index in [-0.39, 0.29) is 0 Å². The summed E-state index contributed by atoms with van der Waals surface area (Å²) in [5, 5.41) is 0.672. The van der Waals surface area contributed by atoms with Crippen LogP contribution in [0.1, 0.15) is 24.0 Å². The van der Waals surface area contributed by atoms with Crippen molar-refractivity contribution in [3.8, 4) is 5.75 Å². The molecule has 1 saturated carbocycles. The van der Waals surface area contributed by atoms with Crippen LogP contribution < -0.4 is 10.5 Å². The van der Waals surface area contributed by atoms with Crippen LogP contribution in [0.25, 0.3) is 0 Å². The molecule has 0 amide bonds. The van der Waals surface area contributed by atoms with Crippen molar-refractivity contribution in [1.29, 1.82) is 0 Å². The Morgan fingerprint density at radius 3 is 2.44 bits per heavy atom. The van der Waals surface area contributed by atoms with Crippen LogP contribution >= 0.6 is 11.8 Å². The summed E-state index contributed by atoms with van der Waals surface area (Å²) in [5.41, 5.74) is 8.41. The molecule has 0 atom stereocenters. The minimum absolute atomic E-state index is 0.412. The Bertz CT molecular complexity index is 386. The molecule has 0 saturated heterocycles. The highest BCUT2D eigenvalue weighted by molar-refractivity contribution is 8.00. The highest BCUT2D eigenvalue weighted by atomic mass is 32.2. The summed E-state index contributed by atoms with van der Waals surface area (Å²) in [6, 6.07) is 4.76. The molecule has 0 unspecified atom stereocenters. The molecule has 2 nitrogen and oxygen atoms in total. The lowest BCUT2D eigenvalue weighted by molar-refractivity contribution is 0.402. The normalized spacial score (nSPS) is 24.0. The van der Waals surface area contributed by atoms with Crippen LogP contribution in [0.2, 0.25) is 0 Å². The maximum absolute atomic E-state index is 5.80. The third-order valence-electron chi connectivity index (χ3n) is 3.20. The van der Waals surface area contributed by atoms with Gasteiger partial charge in [0.05, 0.1) is 7.11 Å². The molecule has 0 aromatic heterocycles. The van der Waals surface area contributed by atoms with E-state index in [0.29, 0.717) is 11.3 Å². The molecule has 3 heteroatoms. The number of thioether (sulfide) groups is 1. The van der Waals surface area contributed by atoms with Crippen molar-refractivity contribution in [2.24, 2.45) is 5.73 Å². The molecule has 16 heavy (non-hydrogen) atoms. The predicted octanol–water partition coefficient (Wildman–Crippen LogP) is 2.89. The number of ether oxygens (including phenoxy) is 1. The Balaban J connectivity index is 2.15. The lowest BCUT2D eigenvalue weighted by Crippen LogP contribution is -2.38. The van der Waals surface area contributed by atoms with E-state index in [2.05, 4.69) is 26.0 Å². The third kappa shape index (κ3) is 2.36. The van der Waals surface area contributed by atoms with Gasteiger partial charge in [0.15, 0.2) is 0 Å². The molecule has 1 aromatic carbocycles. The van der Waals surface area contributed by atoms with Gasteiger partial charge in [-0.25, -0.2) is 0 Å². The Morgan fingerprint density at radius 2 is 1.88 bits per heavy atom. The van der Waals surface area contributed by atoms with Crippen LogP contribution in [0, 0.1) is 13.8 Å². The van der Waals surface area contributed by atoms with Crippen molar-refractivity contribution in [3.63, 3.8) is 0 Å². The zero-order valence-corrected chi connectivity index (χ0v) is 10.9. The quantitative estimate of drug-likeness (QED) is 0.878. The first kappa shape index (κ1) is 11.8. The fourth-order valence-corrected chi connectivity index (χ4v) is 3.45. The van der Waals surface area contributed by atoms with Gasteiger partial charge in [-0.1, -0.05) is 0 Å². The zero-order valence-electron chi connectivity index (χ0n) is 10.1. The first-order valence-corrected chi connectivity index (χ1v) is 6.55. The maximum atomic E-state index is 5.80. The molecule has 1 aliphatic rings. The van der Waals surface area contributed by atoms with Gasteiger partial charge < -0.3 is 10.5 Å². The van der Waals surface area contributed by atoms with Crippen LogP contribution in [-0.2, 0) is 0 Å². The average Bonchev–Trinajstić information content (AvgIpc) is 2.20. The van der Waals surface area contributed by atoms with Gasteiger partial charge in [-0.2, -0.15) is 0 Å². The number of aryl methyl sites for hydroxylation is 2. The van der Waals surface area contributed by atoms with Gasteiger partial charge in [0.1, 0.15) is 5.75 Å². The van der Waals surface area contributed by atoms with E-state index in [0.717, 1.165) is 18.6 Å². The third-order valence-corrected chi connectivity index (χ3v) is 4.50. The molecule has 0 heterocycles. The van der Waals surface area contributed by atoms with Gasteiger partial charge in [-0.15, -0.1) is 11.8 Å². The molecule has 0 aliphatic heterocycles. The van der Waals surface area contributed by atoms with Crippen molar-refractivity contribution >= 4 is 11.8 Å². The lowest BCUT2D eigenvalue weighted by Gasteiger charge is -2.32. The molecule has 2 rings (SSSR count). The van der Waals surface area contributed by atoms with E-state index in [1.807, 2.05) is 11.8 Å². The van der Waals surface area contributed by atoms with E-state index in [4.69, 9.17) is 10.5 Å². The van der Waals surface area contributed by atoms with Gasteiger partial charge in [0.2, 0.25) is 0 Å². The summed E-state index contributed by atoms with van der Waals surface area (Å²) in [7, 11) is 1.74. The molecule has 1 aromatic rings. The number of hydrogen-bond acceptors (Lipinski definition) is 3. The number of benzene rings is 1. The van der Waals surface area contributed by atoms with Crippen molar-refractivity contribution < 1.29 is 4.74 Å². The monoisotopic (exact) mass is 237 g/mol. The van der Waals surface area contributed by atoms with Crippen molar-refractivity contribution in [2.45, 2.75) is 42.9 Å². The van der Waals surface area contributed by atoms with Gasteiger partial charge >= 0.3 is 0 Å². The zero-order chi connectivity index (χ0) is 11.7. The van der Waals surface area contributed by atoms with E-state index in [9.17, 15) is 0 Å². The fourth-order valence-electron chi connectivity index (χ4n) is 1.90. The van der Waals surface area contributed by atoms with Crippen LogP contribution in [-0.4, -0.2) is 18.4 Å². The second-order valence-corrected chi connectivity index (χ2v) is 5.90. The number of nitrogens with two attached hydrogens (primary N) is 1. The first-order valence-electron chi connectivity index (χ1n) is 5.67. The Labute approximate surface area is 102 Å². The van der Waals surface area contributed by atoms with E-state index < -0.39 is 0 Å². The van der Waals surface area contributed by atoms with Crippen LogP contribution in [0.3, 0.4) is 0 Å². The Kier molecular flexibility index (Phi) is 3.45. The summed E-state index contributed by atoms with van der Waals surface area (Å²) in [4.78, 5) is 1.25. The number of hydrogen-bond donors (Lipinski definition) is 1. The maximum Gasteiger partial charge on any atom is 0.132 e. The van der Waals surface area contributed by atoms with Gasteiger partial charge in [-0.3, -0.25) is 0 Å². The summed E-state index contributed by atoms with van der Waals surface area (Å²) < 4.78 is 5.43. The standard InChI is InChI=1S/C13H19NOS/c1-8-4-12(15-3)13(5-9(8)2)16-11-6-10(14)7-11/h4-5,10-11H,6-7,14H2,1-3H3. The number of methoxy groups -OCH3 is 1. The largest absolute Gasteiger partial charge is 0.496 e. The summed E-state index contributed by atoms with van der Waals surface area (Å²) in [5.74, 6) is 0.994. The van der Waals surface area contributed by atoms with Crippen molar-refractivity contribution in [2.75, 3.05) is 7.11 Å². The van der Waals surface area contributed by atoms with E-state index in [1.54, 1.807) is 7.11 Å². The van der Waals surface area contributed by atoms with E-state index >= 15 is 0 Å². The lowest BCUT2D eigenvalue weighted by atomic mass is 9.93. The molecule has 1 fully saturated rings. The molecule has 0 radical (unpaired) electrons. The Hall–Kier alpha value is -0.670. The first-order chi connectivity index (χ1) is 7.60. The summed E-state index contributed by atoms with van der Waals surface area (Å²) in [6.07, 6.45) is 2.25. The highest BCUT2D eigenvalue weighted by Crippen LogP contribution is 2.40. The summed E-state index contributed by atoms with van der Waals surface area (Å²) >= 11 is 1.90. The number of rotatable bonds is 3. The molecule has 0 bridgehead atoms. The highest BCUT2D eigenvalue weighted by Gasteiger charge is 2.27. The molecule has 1 aliphatic carbocycles. The average molecular weight is 237 g/mol. The second-order valence-electron chi connectivity index (χ2n) is 4.56. The van der Waals surface area contributed by atoms with Gasteiger partial charge in [-0.05, 0) is 49.9 Å². The SMILES string of the molecule is COc1cc(C)c(C)cc1SC1CC(N)C1. The van der Waals surface area contributed by atoms with Crippen molar-refractivity contribution in [1.82, 2.24) is 0 Å². The second kappa shape index (κ2) is 4.68. The van der Waals surface area contributed by atoms with Crippen LogP contribution in [0.5, 0.6) is 5.75 Å². The fraction of sp³-hybridized carbons (Fsp3) is 0.538. The molecule has 0 spiro atoms. The van der Waals surface area contributed by atoms with Gasteiger partial charge in [0.25, 0.3) is 0 Å². The minimum atomic E-state index is 0.412. The topological polar surface area (TPSA) is 35.2 Å².